The van der Waals surface area contributed by atoms with E-state index in [-0.39, 0.29) is 0 Å². The van der Waals surface area contributed by atoms with Crippen molar-refractivity contribution in [2.24, 2.45) is 5.92 Å². The highest BCUT2D eigenvalue weighted by atomic mass is 16.5. The smallest absolute Gasteiger partial charge is 0.207 e. The first kappa shape index (κ1) is 9.97. The van der Waals surface area contributed by atoms with Crippen LogP contribution in [0.3, 0.4) is 0 Å². The molecule has 0 spiro atoms. The molecule has 1 N–H and O–H groups in total. The summed E-state index contributed by atoms with van der Waals surface area (Å²) in [6.07, 6.45) is 8.52. The number of amides is 1. The zero-order chi connectivity index (χ0) is 9.80. The highest BCUT2D eigenvalue weighted by Crippen LogP contribution is 2.32. The topological polar surface area (TPSA) is 38.3 Å². The molecule has 1 atom stereocenters. The molecule has 1 heterocycles. The van der Waals surface area contributed by atoms with Crippen molar-refractivity contribution in [3.8, 4) is 0 Å². The Morgan fingerprint density at radius 2 is 1.93 bits per heavy atom. The third-order valence-electron chi connectivity index (χ3n) is 3.57. The lowest BCUT2D eigenvalue weighted by Crippen LogP contribution is -2.35. The number of carbonyl (C=O) groups is 1. The fraction of sp³-hybridized carbons (Fsp3) is 0.909. The Balaban J connectivity index is 1.74. The normalized spacial score (nSPS) is 38.1. The van der Waals surface area contributed by atoms with Crippen molar-refractivity contribution in [1.29, 1.82) is 0 Å². The summed E-state index contributed by atoms with van der Waals surface area (Å²) in [4.78, 5) is 10.3. The van der Waals surface area contributed by atoms with Crippen LogP contribution < -0.4 is 5.32 Å². The molecule has 2 aliphatic rings. The van der Waals surface area contributed by atoms with E-state index in [4.69, 9.17) is 4.74 Å². The van der Waals surface area contributed by atoms with Crippen molar-refractivity contribution in [3.05, 3.63) is 0 Å². The van der Waals surface area contributed by atoms with Crippen molar-refractivity contribution in [1.82, 2.24) is 5.32 Å². The fourth-order valence-electron chi connectivity index (χ4n) is 2.73. The molecule has 1 unspecified atom stereocenters. The standard InChI is InChI=1S/C11H19NO2/c13-8-12-10-5-3-9(4-6-10)11-2-1-7-14-11/h8-11H,1-7H2,(H,12,13). The van der Waals surface area contributed by atoms with E-state index in [1.165, 1.54) is 25.7 Å². The number of rotatable bonds is 3. The molecular formula is C11H19NO2. The molecule has 14 heavy (non-hydrogen) atoms. The van der Waals surface area contributed by atoms with E-state index >= 15 is 0 Å². The van der Waals surface area contributed by atoms with Crippen LogP contribution in [0, 0.1) is 5.92 Å². The van der Waals surface area contributed by atoms with E-state index in [2.05, 4.69) is 5.32 Å². The molecule has 1 amide bonds. The Morgan fingerprint density at radius 3 is 2.50 bits per heavy atom. The average molecular weight is 197 g/mol. The molecular weight excluding hydrogens is 178 g/mol. The van der Waals surface area contributed by atoms with Crippen LogP contribution in [0.15, 0.2) is 0 Å². The third-order valence-corrected chi connectivity index (χ3v) is 3.57. The lowest BCUT2D eigenvalue weighted by molar-refractivity contribution is -0.110. The Hall–Kier alpha value is -0.570. The summed E-state index contributed by atoms with van der Waals surface area (Å²) in [5.74, 6) is 0.752. The number of hydrogen-bond donors (Lipinski definition) is 1. The zero-order valence-corrected chi connectivity index (χ0v) is 8.58. The van der Waals surface area contributed by atoms with Gasteiger partial charge in [0.2, 0.25) is 6.41 Å². The Kier molecular flexibility index (Phi) is 3.40. The van der Waals surface area contributed by atoms with E-state index in [0.717, 1.165) is 31.8 Å². The number of carbonyl (C=O) groups excluding carboxylic acids is 1. The largest absolute Gasteiger partial charge is 0.378 e. The molecule has 0 aromatic heterocycles. The minimum Gasteiger partial charge on any atom is -0.378 e. The van der Waals surface area contributed by atoms with Gasteiger partial charge in [0.1, 0.15) is 0 Å². The Labute approximate surface area is 85.2 Å². The van der Waals surface area contributed by atoms with Crippen molar-refractivity contribution in [3.63, 3.8) is 0 Å². The summed E-state index contributed by atoms with van der Waals surface area (Å²) in [7, 11) is 0. The minimum atomic E-state index is 0.421. The van der Waals surface area contributed by atoms with Crippen LogP contribution in [0.2, 0.25) is 0 Å². The summed E-state index contributed by atoms with van der Waals surface area (Å²) >= 11 is 0. The molecule has 0 aromatic rings. The maximum atomic E-state index is 10.3. The Morgan fingerprint density at radius 1 is 1.14 bits per heavy atom. The van der Waals surface area contributed by atoms with Crippen LogP contribution in [0.1, 0.15) is 38.5 Å². The van der Waals surface area contributed by atoms with Gasteiger partial charge in [-0.2, -0.15) is 0 Å². The van der Waals surface area contributed by atoms with Crippen molar-refractivity contribution >= 4 is 6.41 Å². The first-order valence-electron chi connectivity index (χ1n) is 5.71. The molecule has 1 aliphatic carbocycles. The lowest BCUT2D eigenvalue weighted by Gasteiger charge is -2.31. The van der Waals surface area contributed by atoms with Crippen LogP contribution in [-0.4, -0.2) is 25.2 Å². The molecule has 3 heteroatoms. The van der Waals surface area contributed by atoms with Gasteiger partial charge in [0, 0.05) is 12.6 Å². The van der Waals surface area contributed by atoms with E-state index in [9.17, 15) is 4.79 Å². The van der Waals surface area contributed by atoms with Gasteiger partial charge in [0.05, 0.1) is 6.10 Å². The highest BCUT2D eigenvalue weighted by molar-refractivity contribution is 5.46. The minimum absolute atomic E-state index is 0.421. The maximum Gasteiger partial charge on any atom is 0.207 e. The summed E-state index contributed by atoms with van der Waals surface area (Å²) in [5.41, 5.74) is 0. The third kappa shape index (κ3) is 2.27. The first-order chi connectivity index (χ1) is 6.90. The van der Waals surface area contributed by atoms with Gasteiger partial charge in [-0.3, -0.25) is 4.79 Å². The van der Waals surface area contributed by atoms with Crippen LogP contribution in [0.5, 0.6) is 0 Å². The van der Waals surface area contributed by atoms with Crippen LogP contribution in [0.4, 0.5) is 0 Å². The van der Waals surface area contributed by atoms with Crippen molar-refractivity contribution in [2.45, 2.75) is 50.7 Å². The van der Waals surface area contributed by atoms with Crippen molar-refractivity contribution in [2.75, 3.05) is 6.61 Å². The molecule has 1 saturated carbocycles. The summed E-state index contributed by atoms with van der Waals surface area (Å²) < 4.78 is 5.70. The maximum absolute atomic E-state index is 10.3. The van der Waals surface area contributed by atoms with Gasteiger partial charge in [-0.1, -0.05) is 0 Å². The summed E-state index contributed by atoms with van der Waals surface area (Å²) in [5, 5.41) is 2.87. The average Bonchev–Trinajstić information content (AvgIpc) is 2.72. The van der Waals surface area contributed by atoms with Crippen LogP contribution >= 0.6 is 0 Å². The first-order valence-corrected chi connectivity index (χ1v) is 5.71. The molecule has 2 rings (SSSR count). The SMILES string of the molecule is O=CNC1CCC(C2CCCO2)CC1. The van der Waals surface area contributed by atoms with E-state index < -0.39 is 0 Å². The second-order valence-electron chi connectivity index (χ2n) is 4.45. The van der Waals surface area contributed by atoms with Gasteiger partial charge in [0.25, 0.3) is 0 Å². The molecule has 2 fully saturated rings. The lowest BCUT2D eigenvalue weighted by atomic mass is 9.82. The molecule has 0 bridgehead atoms. The molecule has 0 radical (unpaired) electrons. The predicted octanol–water partition coefficient (Wildman–Crippen LogP) is 1.47. The second kappa shape index (κ2) is 4.78. The molecule has 3 nitrogen and oxygen atoms in total. The van der Waals surface area contributed by atoms with E-state index in [1.54, 1.807) is 0 Å². The van der Waals surface area contributed by atoms with E-state index in [0.29, 0.717) is 12.1 Å². The number of hydrogen-bond acceptors (Lipinski definition) is 2. The Bertz CT molecular complexity index is 182. The molecule has 1 aliphatic heterocycles. The molecule has 0 aromatic carbocycles. The molecule has 80 valence electrons. The van der Waals surface area contributed by atoms with Gasteiger partial charge in [-0.05, 0) is 44.4 Å². The monoisotopic (exact) mass is 197 g/mol. The quantitative estimate of drug-likeness (QED) is 0.696. The predicted molar refractivity (Wildman–Crippen MR) is 53.9 cm³/mol. The van der Waals surface area contributed by atoms with Crippen molar-refractivity contribution < 1.29 is 9.53 Å². The van der Waals surface area contributed by atoms with Gasteiger partial charge < -0.3 is 10.1 Å². The molecule has 1 saturated heterocycles. The zero-order valence-electron chi connectivity index (χ0n) is 8.58. The van der Waals surface area contributed by atoms with Gasteiger partial charge in [-0.15, -0.1) is 0 Å². The van der Waals surface area contributed by atoms with Gasteiger partial charge >= 0.3 is 0 Å². The van der Waals surface area contributed by atoms with E-state index in [1.807, 2.05) is 0 Å². The second-order valence-corrected chi connectivity index (χ2v) is 4.45. The number of ether oxygens (including phenoxy) is 1. The summed E-state index contributed by atoms with van der Waals surface area (Å²) in [6, 6.07) is 0.421. The summed E-state index contributed by atoms with van der Waals surface area (Å²) in [6.45, 7) is 0.956. The van der Waals surface area contributed by atoms with Crippen LogP contribution in [-0.2, 0) is 9.53 Å². The van der Waals surface area contributed by atoms with Gasteiger partial charge in [0.15, 0.2) is 0 Å². The van der Waals surface area contributed by atoms with Gasteiger partial charge in [-0.25, -0.2) is 0 Å². The van der Waals surface area contributed by atoms with Crippen LogP contribution in [0.25, 0.3) is 0 Å². The number of nitrogens with one attached hydrogen (secondary N) is 1. The fourth-order valence-corrected chi connectivity index (χ4v) is 2.73. The highest BCUT2D eigenvalue weighted by Gasteiger charge is 2.29.